The lowest BCUT2D eigenvalue weighted by Gasteiger charge is -2.05. The molecule has 0 radical (unpaired) electrons. The number of unbranched alkanes of at least 4 members (excludes halogenated alkanes) is 5. The van der Waals surface area contributed by atoms with Gasteiger partial charge in [-0.3, -0.25) is 4.79 Å². The third-order valence-electron chi connectivity index (χ3n) is 3.20. The van der Waals surface area contributed by atoms with Gasteiger partial charge in [0.25, 0.3) is 0 Å². The van der Waals surface area contributed by atoms with Gasteiger partial charge in [-0.2, -0.15) is 0 Å². The smallest absolute Gasteiger partial charge is 0.219 e. The van der Waals surface area contributed by atoms with E-state index in [0.717, 1.165) is 38.5 Å². The van der Waals surface area contributed by atoms with Gasteiger partial charge < -0.3 is 10.1 Å². The topological polar surface area (TPSA) is 80.3 Å². The van der Waals surface area contributed by atoms with Crippen LogP contribution in [0.25, 0.3) is 0 Å². The van der Waals surface area contributed by atoms with Gasteiger partial charge in [-0.15, -0.1) is 0 Å². The Morgan fingerprint density at radius 3 is 2.05 bits per heavy atom. The Balaban J connectivity index is 3.33. The van der Waals surface area contributed by atoms with E-state index in [-0.39, 0.29) is 17.4 Å². The number of ketones is 1. The van der Waals surface area contributed by atoms with Crippen molar-refractivity contribution >= 4 is 21.5 Å². The first kappa shape index (κ1) is 20.1. The largest absolute Gasteiger partial charge is 0.356 e. The van der Waals surface area contributed by atoms with Crippen LogP contribution in [-0.4, -0.2) is 38.7 Å². The van der Waals surface area contributed by atoms with Crippen LogP contribution in [0.3, 0.4) is 0 Å². The fraction of sp³-hybridized carbons (Fsp3) is 0.867. The van der Waals surface area contributed by atoms with E-state index >= 15 is 0 Å². The molecule has 0 atom stereocenters. The van der Waals surface area contributed by atoms with Crippen molar-refractivity contribution in [1.29, 1.82) is 0 Å². The Hall–Kier alpha value is -0.910. The van der Waals surface area contributed by atoms with Crippen LogP contribution in [0.2, 0.25) is 0 Å². The zero-order chi connectivity index (χ0) is 16.1. The average molecular weight is 319 g/mol. The van der Waals surface area contributed by atoms with E-state index in [1.165, 1.54) is 6.26 Å². The molecule has 0 aromatic carbocycles. The number of rotatable bonds is 13. The van der Waals surface area contributed by atoms with Crippen molar-refractivity contribution < 1.29 is 18.0 Å². The number of carbonyl (C=O) groups excluding carboxylic acids is 2. The molecule has 0 saturated heterocycles. The van der Waals surface area contributed by atoms with E-state index in [0.29, 0.717) is 25.8 Å². The van der Waals surface area contributed by atoms with Crippen molar-refractivity contribution in [3.63, 3.8) is 0 Å². The molecule has 0 saturated carbocycles. The molecule has 0 bridgehead atoms. The molecule has 0 unspecified atom stereocenters. The van der Waals surface area contributed by atoms with Crippen molar-refractivity contribution in [2.24, 2.45) is 0 Å². The van der Waals surface area contributed by atoms with Crippen LogP contribution in [-0.2, 0) is 19.4 Å². The van der Waals surface area contributed by atoms with Gasteiger partial charge in [0.15, 0.2) is 0 Å². The number of amides is 1. The molecule has 0 rings (SSSR count). The maximum absolute atomic E-state index is 11.5. The van der Waals surface area contributed by atoms with Crippen molar-refractivity contribution in [2.45, 2.75) is 64.7 Å². The van der Waals surface area contributed by atoms with E-state index in [2.05, 4.69) is 5.32 Å². The fourth-order valence-corrected chi connectivity index (χ4v) is 2.72. The molecule has 21 heavy (non-hydrogen) atoms. The summed E-state index contributed by atoms with van der Waals surface area (Å²) in [6.45, 7) is 2.27. The van der Waals surface area contributed by atoms with E-state index in [1.807, 2.05) is 0 Å². The summed E-state index contributed by atoms with van der Waals surface area (Å²) in [4.78, 5) is 22.2. The predicted molar refractivity (Wildman–Crippen MR) is 85.0 cm³/mol. The summed E-state index contributed by atoms with van der Waals surface area (Å²) in [6.07, 6.45) is 8.37. The SMILES string of the molecule is CC(=O)CCCCCNC(=O)CCCCCCS(C)(=O)=O. The van der Waals surface area contributed by atoms with E-state index in [9.17, 15) is 18.0 Å². The first-order valence-electron chi connectivity index (χ1n) is 7.75. The van der Waals surface area contributed by atoms with Gasteiger partial charge in [0.2, 0.25) is 5.91 Å². The Morgan fingerprint density at radius 1 is 0.857 bits per heavy atom. The predicted octanol–water partition coefficient (Wildman–Crippen LogP) is 2.25. The number of Topliss-reactive ketones (excluding diaryl/α,β-unsaturated/α-hetero) is 1. The van der Waals surface area contributed by atoms with Crippen LogP contribution >= 0.6 is 0 Å². The molecular weight excluding hydrogens is 290 g/mol. The molecule has 0 fully saturated rings. The van der Waals surface area contributed by atoms with Crippen molar-refractivity contribution in [3.05, 3.63) is 0 Å². The number of hydrogen-bond acceptors (Lipinski definition) is 4. The van der Waals surface area contributed by atoms with Gasteiger partial charge >= 0.3 is 0 Å². The molecule has 0 heterocycles. The summed E-state index contributed by atoms with van der Waals surface area (Å²) in [7, 11) is -2.85. The Kier molecular flexibility index (Phi) is 11.2. The van der Waals surface area contributed by atoms with Crippen LogP contribution in [0, 0.1) is 0 Å². The summed E-state index contributed by atoms with van der Waals surface area (Å²) in [5, 5.41) is 2.87. The minimum atomic E-state index is -2.85. The lowest BCUT2D eigenvalue weighted by Crippen LogP contribution is -2.24. The van der Waals surface area contributed by atoms with Gasteiger partial charge in [-0.1, -0.05) is 19.3 Å². The summed E-state index contributed by atoms with van der Waals surface area (Å²) in [5.74, 6) is 0.513. The van der Waals surface area contributed by atoms with E-state index < -0.39 is 9.84 Å². The molecule has 1 amide bonds. The van der Waals surface area contributed by atoms with Gasteiger partial charge in [-0.05, 0) is 32.6 Å². The number of hydrogen-bond donors (Lipinski definition) is 1. The first-order valence-corrected chi connectivity index (χ1v) is 9.81. The Labute approximate surface area is 128 Å². The summed E-state index contributed by atoms with van der Waals surface area (Å²) in [6, 6.07) is 0. The Bertz CT molecular complexity index is 404. The minimum Gasteiger partial charge on any atom is -0.356 e. The van der Waals surface area contributed by atoms with Crippen molar-refractivity contribution in [2.75, 3.05) is 18.6 Å². The third-order valence-corrected chi connectivity index (χ3v) is 4.23. The second-order valence-electron chi connectivity index (χ2n) is 5.66. The quantitative estimate of drug-likeness (QED) is 0.528. The van der Waals surface area contributed by atoms with Gasteiger partial charge in [0, 0.05) is 31.4 Å². The van der Waals surface area contributed by atoms with Crippen LogP contribution in [0.15, 0.2) is 0 Å². The van der Waals surface area contributed by atoms with Gasteiger partial charge in [0.05, 0.1) is 0 Å². The molecule has 1 N–H and O–H groups in total. The number of nitrogens with one attached hydrogen (secondary N) is 1. The normalized spacial score (nSPS) is 11.3. The lowest BCUT2D eigenvalue weighted by atomic mass is 10.1. The summed E-state index contributed by atoms with van der Waals surface area (Å²) < 4.78 is 21.8. The molecule has 0 spiro atoms. The highest BCUT2D eigenvalue weighted by atomic mass is 32.2. The van der Waals surface area contributed by atoms with Gasteiger partial charge in [0.1, 0.15) is 15.6 Å². The second kappa shape index (κ2) is 11.7. The minimum absolute atomic E-state index is 0.0599. The van der Waals surface area contributed by atoms with Crippen LogP contribution in [0.1, 0.15) is 64.7 Å². The number of carbonyl (C=O) groups is 2. The highest BCUT2D eigenvalue weighted by Gasteiger charge is 2.03. The Morgan fingerprint density at radius 2 is 1.43 bits per heavy atom. The molecule has 6 heteroatoms. The second-order valence-corrected chi connectivity index (χ2v) is 7.92. The lowest BCUT2D eigenvalue weighted by molar-refractivity contribution is -0.121. The average Bonchev–Trinajstić information content (AvgIpc) is 2.36. The van der Waals surface area contributed by atoms with E-state index in [1.54, 1.807) is 6.92 Å². The van der Waals surface area contributed by atoms with Crippen molar-refractivity contribution in [3.8, 4) is 0 Å². The zero-order valence-electron chi connectivity index (χ0n) is 13.3. The molecule has 124 valence electrons. The van der Waals surface area contributed by atoms with Crippen LogP contribution in [0.4, 0.5) is 0 Å². The highest BCUT2D eigenvalue weighted by molar-refractivity contribution is 7.90. The number of sulfone groups is 1. The molecule has 0 aliphatic carbocycles. The van der Waals surface area contributed by atoms with E-state index in [4.69, 9.17) is 0 Å². The molecule has 5 nitrogen and oxygen atoms in total. The zero-order valence-corrected chi connectivity index (χ0v) is 14.1. The first-order chi connectivity index (χ1) is 9.81. The highest BCUT2D eigenvalue weighted by Crippen LogP contribution is 2.05. The molecule has 0 aliphatic heterocycles. The summed E-state index contributed by atoms with van der Waals surface area (Å²) in [5.41, 5.74) is 0. The maximum atomic E-state index is 11.5. The fourth-order valence-electron chi connectivity index (χ4n) is 2.00. The molecular formula is C15H29NO4S. The molecule has 0 aromatic heterocycles. The monoisotopic (exact) mass is 319 g/mol. The molecule has 0 aliphatic rings. The van der Waals surface area contributed by atoms with Crippen LogP contribution < -0.4 is 5.32 Å². The maximum Gasteiger partial charge on any atom is 0.219 e. The molecule has 0 aromatic rings. The van der Waals surface area contributed by atoms with Crippen LogP contribution in [0.5, 0.6) is 0 Å². The summed E-state index contributed by atoms with van der Waals surface area (Å²) >= 11 is 0. The van der Waals surface area contributed by atoms with Crippen molar-refractivity contribution in [1.82, 2.24) is 5.32 Å². The standard InChI is InChI=1S/C15H29NO4S/c1-14(17)10-6-5-8-12-16-15(18)11-7-3-4-9-13-21(2,19)20/h3-13H2,1-2H3,(H,16,18). The van der Waals surface area contributed by atoms with Gasteiger partial charge in [-0.25, -0.2) is 8.42 Å². The third kappa shape index (κ3) is 17.0.